The number of hydrogen-bond donors (Lipinski definition) is 2. The zero-order valence-electron chi connectivity index (χ0n) is 18.0. The maximum atomic E-state index is 11.6. The van der Waals surface area contributed by atoms with Crippen molar-refractivity contribution in [1.82, 2.24) is 20.5 Å². The number of piperidine rings is 1. The van der Waals surface area contributed by atoms with Crippen LogP contribution in [0.3, 0.4) is 0 Å². The Balaban J connectivity index is 1.27. The molecule has 2 aromatic heterocycles. The van der Waals surface area contributed by atoms with Crippen molar-refractivity contribution in [2.24, 2.45) is 0 Å². The van der Waals surface area contributed by atoms with Crippen LogP contribution in [0.1, 0.15) is 24.5 Å². The van der Waals surface area contributed by atoms with Crippen molar-refractivity contribution in [3.63, 3.8) is 0 Å². The van der Waals surface area contributed by atoms with Crippen molar-refractivity contribution in [2.45, 2.75) is 24.4 Å². The highest BCUT2D eigenvalue weighted by atomic mass is 35.5. The molecule has 0 aliphatic carbocycles. The fourth-order valence-corrected chi connectivity index (χ4v) is 5.23. The lowest BCUT2D eigenvalue weighted by Crippen LogP contribution is -2.46. The van der Waals surface area contributed by atoms with Gasteiger partial charge < -0.3 is 19.7 Å². The molecule has 3 saturated heterocycles. The summed E-state index contributed by atoms with van der Waals surface area (Å²) in [5, 5.41) is 10.8. The van der Waals surface area contributed by atoms with Gasteiger partial charge >= 0.3 is 6.09 Å². The van der Waals surface area contributed by atoms with E-state index in [1.54, 1.807) is 6.20 Å². The summed E-state index contributed by atoms with van der Waals surface area (Å²) >= 11 is 6.65. The molecule has 8 nitrogen and oxygen atoms in total. The standard InChI is InChI=1S/C24H24ClN5O3/c25-20-11-26-9-19(22(20)30-7-5-24(6-8-30)14-27-23(31)33-24)16-3-1-15(2-4-16)18-10-28-29-21(18)17-12-32-13-17/h1-4,9-11,17H,5-8,12-14H2,(H,27,31)(H,28,29). The minimum atomic E-state index is -0.400. The molecule has 5 heterocycles. The van der Waals surface area contributed by atoms with Crippen LogP contribution in [-0.4, -0.2) is 59.7 Å². The minimum Gasteiger partial charge on any atom is -0.441 e. The quantitative estimate of drug-likeness (QED) is 0.605. The third-order valence-electron chi connectivity index (χ3n) is 6.95. The minimum absolute atomic E-state index is 0.322. The van der Waals surface area contributed by atoms with Crippen LogP contribution < -0.4 is 10.2 Å². The number of anilines is 1. The molecule has 0 atom stereocenters. The molecule has 0 bridgehead atoms. The molecule has 3 aromatic rings. The summed E-state index contributed by atoms with van der Waals surface area (Å²) < 4.78 is 10.9. The number of carbonyl (C=O) groups excluding carboxylic acids is 1. The van der Waals surface area contributed by atoms with E-state index in [0.29, 0.717) is 17.5 Å². The molecular formula is C24H24ClN5O3. The molecule has 3 aliphatic rings. The predicted molar refractivity (Wildman–Crippen MR) is 124 cm³/mol. The number of benzene rings is 1. The van der Waals surface area contributed by atoms with Crippen molar-refractivity contribution in [3.8, 4) is 22.3 Å². The molecule has 1 amide bonds. The molecule has 33 heavy (non-hydrogen) atoms. The van der Waals surface area contributed by atoms with Crippen LogP contribution in [0.2, 0.25) is 5.02 Å². The monoisotopic (exact) mass is 465 g/mol. The number of nitrogens with one attached hydrogen (secondary N) is 2. The van der Waals surface area contributed by atoms with Crippen LogP contribution in [-0.2, 0) is 9.47 Å². The van der Waals surface area contributed by atoms with Gasteiger partial charge in [-0.25, -0.2) is 4.79 Å². The first-order valence-electron chi connectivity index (χ1n) is 11.2. The first kappa shape index (κ1) is 20.5. The zero-order valence-corrected chi connectivity index (χ0v) is 18.8. The number of amides is 1. The number of halogens is 1. The maximum absolute atomic E-state index is 11.6. The van der Waals surface area contributed by atoms with Crippen molar-refractivity contribution >= 4 is 23.4 Å². The third kappa shape index (κ3) is 3.63. The first-order chi connectivity index (χ1) is 16.1. The van der Waals surface area contributed by atoms with Crippen LogP contribution in [0.5, 0.6) is 0 Å². The molecular weight excluding hydrogens is 442 g/mol. The normalized spacial score (nSPS) is 19.9. The van der Waals surface area contributed by atoms with E-state index in [0.717, 1.165) is 72.8 Å². The van der Waals surface area contributed by atoms with E-state index in [-0.39, 0.29) is 6.09 Å². The Hall–Kier alpha value is -3.10. The average Bonchev–Trinajstić information content (AvgIpc) is 3.41. The van der Waals surface area contributed by atoms with Gasteiger partial charge in [-0.3, -0.25) is 10.1 Å². The van der Waals surface area contributed by atoms with E-state index in [9.17, 15) is 4.79 Å². The van der Waals surface area contributed by atoms with Crippen LogP contribution in [0.4, 0.5) is 10.5 Å². The smallest absolute Gasteiger partial charge is 0.407 e. The SMILES string of the molecule is O=C1NCC2(CCN(c3c(Cl)cncc3-c3ccc(-c4cn[nH]c4C4COC4)cc3)CC2)O1. The molecule has 0 unspecified atom stereocenters. The third-order valence-corrected chi connectivity index (χ3v) is 7.23. The molecule has 1 aromatic carbocycles. The first-order valence-corrected chi connectivity index (χ1v) is 11.6. The Kier molecular flexibility index (Phi) is 4.99. The highest BCUT2D eigenvalue weighted by Crippen LogP contribution is 2.40. The lowest BCUT2D eigenvalue weighted by atomic mass is 9.90. The van der Waals surface area contributed by atoms with E-state index in [4.69, 9.17) is 21.1 Å². The number of rotatable bonds is 4. The average molecular weight is 466 g/mol. The number of pyridine rings is 1. The second-order valence-corrected chi connectivity index (χ2v) is 9.35. The number of nitrogens with zero attached hydrogens (tertiary/aromatic N) is 3. The maximum Gasteiger partial charge on any atom is 0.407 e. The highest BCUT2D eigenvalue weighted by Gasteiger charge is 2.43. The van der Waals surface area contributed by atoms with Gasteiger partial charge in [0, 0.05) is 55.4 Å². The Morgan fingerprint density at radius 2 is 1.76 bits per heavy atom. The molecule has 170 valence electrons. The number of aromatic nitrogens is 3. The Labute approximate surface area is 196 Å². The number of H-pyrrole nitrogens is 1. The number of aromatic amines is 1. The lowest BCUT2D eigenvalue weighted by molar-refractivity contribution is 0.00691. The van der Waals surface area contributed by atoms with Crippen LogP contribution >= 0.6 is 11.6 Å². The van der Waals surface area contributed by atoms with Crippen LogP contribution in [0.25, 0.3) is 22.3 Å². The second kappa shape index (κ2) is 8.04. The zero-order chi connectivity index (χ0) is 22.4. The predicted octanol–water partition coefficient (Wildman–Crippen LogP) is 3.98. The Bertz CT molecular complexity index is 1180. The summed E-state index contributed by atoms with van der Waals surface area (Å²) in [6.07, 6.45) is 6.63. The summed E-state index contributed by atoms with van der Waals surface area (Å²) in [5.74, 6) is 0.377. The van der Waals surface area contributed by atoms with Gasteiger partial charge in [-0.15, -0.1) is 0 Å². The Morgan fingerprint density at radius 1 is 1.03 bits per heavy atom. The van der Waals surface area contributed by atoms with Gasteiger partial charge in [0.25, 0.3) is 0 Å². The van der Waals surface area contributed by atoms with E-state index in [2.05, 4.69) is 49.7 Å². The Morgan fingerprint density at radius 3 is 2.39 bits per heavy atom. The molecule has 0 radical (unpaired) electrons. The molecule has 1 spiro atoms. The summed E-state index contributed by atoms with van der Waals surface area (Å²) in [4.78, 5) is 18.2. The molecule has 2 N–H and O–H groups in total. The molecule has 3 fully saturated rings. The van der Waals surface area contributed by atoms with E-state index >= 15 is 0 Å². The number of alkyl carbamates (subject to hydrolysis) is 1. The lowest BCUT2D eigenvalue weighted by Gasteiger charge is -2.39. The number of carbonyl (C=O) groups is 1. The highest BCUT2D eigenvalue weighted by molar-refractivity contribution is 6.33. The van der Waals surface area contributed by atoms with Crippen LogP contribution in [0, 0.1) is 0 Å². The number of hydrogen-bond acceptors (Lipinski definition) is 6. The van der Waals surface area contributed by atoms with Gasteiger partial charge in [0.05, 0.1) is 42.4 Å². The van der Waals surface area contributed by atoms with Crippen molar-refractivity contribution in [1.29, 1.82) is 0 Å². The topological polar surface area (TPSA) is 92.4 Å². The summed E-state index contributed by atoms with van der Waals surface area (Å²) in [6, 6.07) is 8.44. The van der Waals surface area contributed by atoms with Gasteiger partial charge in [0.2, 0.25) is 0 Å². The van der Waals surface area contributed by atoms with Gasteiger partial charge in [-0.2, -0.15) is 5.10 Å². The van der Waals surface area contributed by atoms with Crippen molar-refractivity contribution in [2.75, 3.05) is 37.7 Å². The second-order valence-electron chi connectivity index (χ2n) is 8.94. The van der Waals surface area contributed by atoms with Gasteiger partial charge in [-0.1, -0.05) is 35.9 Å². The molecule has 9 heteroatoms. The van der Waals surface area contributed by atoms with Crippen molar-refractivity contribution in [3.05, 3.63) is 53.6 Å². The fourth-order valence-electron chi connectivity index (χ4n) is 4.95. The largest absolute Gasteiger partial charge is 0.441 e. The number of ether oxygens (including phenoxy) is 2. The van der Waals surface area contributed by atoms with E-state index in [1.165, 1.54) is 0 Å². The molecule has 6 rings (SSSR count). The summed E-state index contributed by atoms with van der Waals surface area (Å²) in [5.41, 5.74) is 5.97. The van der Waals surface area contributed by atoms with Crippen molar-refractivity contribution < 1.29 is 14.3 Å². The van der Waals surface area contributed by atoms with Gasteiger partial charge in [0.15, 0.2) is 0 Å². The summed E-state index contributed by atoms with van der Waals surface area (Å²) in [7, 11) is 0. The fraction of sp³-hybridized carbons (Fsp3) is 0.375. The summed E-state index contributed by atoms with van der Waals surface area (Å²) in [6.45, 7) is 3.55. The van der Waals surface area contributed by atoms with E-state index in [1.807, 2.05) is 12.4 Å². The van der Waals surface area contributed by atoms with Crippen LogP contribution in [0.15, 0.2) is 42.9 Å². The molecule has 3 aliphatic heterocycles. The molecule has 0 saturated carbocycles. The van der Waals surface area contributed by atoms with Gasteiger partial charge in [-0.05, 0) is 11.1 Å². The van der Waals surface area contributed by atoms with E-state index < -0.39 is 5.60 Å². The van der Waals surface area contributed by atoms with Gasteiger partial charge in [0.1, 0.15) is 5.60 Å².